The Balaban J connectivity index is 1.22. The SMILES string of the molecule is Cc1ccc(CNC(=O)N[C@@H]2CCC[C@H]2N2CCC(Cc3ccc(Cl)cc3)CC2)cc1. The maximum Gasteiger partial charge on any atom is 0.315 e. The van der Waals surface area contributed by atoms with E-state index in [1.165, 1.54) is 36.8 Å². The number of benzene rings is 2. The molecule has 2 aromatic rings. The van der Waals surface area contributed by atoms with Crippen molar-refractivity contribution in [3.05, 3.63) is 70.2 Å². The molecule has 2 aromatic carbocycles. The van der Waals surface area contributed by atoms with Crippen LogP contribution in [0.1, 0.15) is 48.8 Å². The Bertz CT molecular complexity index is 844. The maximum absolute atomic E-state index is 12.5. The number of urea groups is 1. The van der Waals surface area contributed by atoms with Crippen molar-refractivity contribution in [1.82, 2.24) is 15.5 Å². The highest BCUT2D eigenvalue weighted by atomic mass is 35.5. The number of hydrogen-bond acceptors (Lipinski definition) is 2. The number of nitrogens with zero attached hydrogens (tertiary/aromatic N) is 1. The minimum absolute atomic E-state index is 0.0462. The third kappa shape index (κ3) is 6.24. The lowest BCUT2D eigenvalue weighted by Gasteiger charge is -2.38. The first kappa shape index (κ1) is 22.2. The van der Waals surface area contributed by atoms with Gasteiger partial charge >= 0.3 is 6.03 Å². The summed E-state index contributed by atoms with van der Waals surface area (Å²) in [4.78, 5) is 15.1. The predicted molar refractivity (Wildman–Crippen MR) is 127 cm³/mol. The van der Waals surface area contributed by atoms with Crippen molar-refractivity contribution in [3.63, 3.8) is 0 Å². The summed E-state index contributed by atoms with van der Waals surface area (Å²) in [7, 11) is 0. The lowest BCUT2D eigenvalue weighted by molar-refractivity contribution is 0.118. The molecule has 2 N–H and O–H groups in total. The molecular formula is C26H34ClN3O. The van der Waals surface area contributed by atoms with Gasteiger partial charge in [0.1, 0.15) is 0 Å². The number of carbonyl (C=O) groups is 1. The summed E-state index contributed by atoms with van der Waals surface area (Å²) >= 11 is 6.01. The van der Waals surface area contributed by atoms with Gasteiger partial charge in [-0.25, -0.2) is 4.79 Å². The molecule has 1 saturated heterocycles. The third-order valence-corrected chi connectivity index (χ3v) is 7.18. The summed E-state index contributed by atoms with van der Waals surface area (Å²) in [6.45, 7) is 4.91. The minimum Gasteiger partial charge on any atom is -0.334 e. The predicted octanol–water partition coefficient (Wildman–Crippen LogP) is 5.32. The first-order chi connectivity index (χ1) is 15.1. The molecular weight excluding hydrogens is 406 g/mol. The summed E-state index contributed by atoms with van der Waals surface area (Å²) in [5, 5.41) is 7.10. The van der Waals surface area contributed by atoms with Crippen LogP contribution in [0.25, 0.3) is 0 Å². The van der Waals surface area contributed by atoms with Gasteiger partial charge in [-0.2, -0.15) is 0 Å². The Kier molecular flexibility index (Phi) is 7.52. The molecule has 0 spiro atoms. The molecule has 2 aliphatic rings. The number of piperidine rings is 1. The molecule has 1 aliphatic heterocycles. The molecule has 1 aliphatic carbocycles. The number of aryl methyl sites for hydroxylation is 1. The van der Waals surface area contributed by atoms with E-state index in [-0.39, 0.29) is 12.1 Å². The number of halogens is 1. The molecule has 4 rings (SSSR count). The molecule has 5 heteroatoms. The van der Waals surface area contributed by atoms with E-state index in [9.17, 15) is 4.79 Å². The Morgan fingerprint density at radius 1 is 0.968 bits per heavy atom. The molecule has 2 atom stereocenters. The highest BCUT2D eigenvalue weighted by Gasteiger charge is 2.34. The minimum atomic E-state index is -0.0462. The second kappa shape index (κ2) is 10.5. The molecule has 31 heavy (non-hydrogen) atoms. The summed E-state index contributed by atoms with van der Waals surface area (Å²) in [5.41, 5.74) is 3.75. The lowest BCUT2D eigenvalue weighted by Crippen LogP contribution is -2.53. The van der Waals surface area contributed by atoms with Crippen molar-refractivity contribution in [2.24, 2.45) is 5.92 Å². The van der Waals surface area contributed by atoms with Crippen LogP contribution in [0.3, 0.4) is 0 Å². The smallest absolute Gasteiger partial charge is 0.315 e. The fourth-order valence-corrected chi connectivity index (χ4v) is 5.22. The molecule has 1 heterocycles. The van der Waals surface area contributed by atoms with Crippen molar-refractivity contribution >= 4 is 17.6 Å². The number of hydrogen-bond donors (Lipinski definition) is 2. The van der Waals surface area contributed by atoms with Gasteiger partial charge in [-0.15, -0.1) is 0 Å². The van der Waals surface area contributed by atoms with Crippen LogP contribution in [0.15, 0.2) is 48.5 Å². The first-order valence-electron chi connectivity index (χ1n) is 11.7. The third-order valence-electron chi connectivity index (χ3n) is 6.93. The highest BCUT2D eigenvalue weighted by molar-refractivity contribution is 6.30. The van der Waals surface area contributed by atoms with Crippen molar-refractivity contribution in [1.29, 1.82) is 0 Å². The average Bonchev–Trinajstić information content (AvgIpc) is 3.23. The first-order valence-corrected chi connectivity index (χ1v) is 12.0. The second-order valence-corrected chi connectivity index (χ2v) is 9.66. The zero-order chi connectivity index (χ0) is 21.6. The van der Waals surface area contributed by atoms with Crippen LogP contribution in [-0.4, -0.2) is 36.1 Å². The lowest BCUT2D eigenvalue weighted by atomic mass is 9.89. The van der Waals surface area contributed by atoms with Crippen LogP contribution in [0.4, 0.5) is 4.79 Å². The molecule has 1 saturated carbocycles. The zero-order valence-electron chi connectivity index (χ0n) is 18.4. The van der Waals surface area contributed by atoms with Crippen LogP contribution in [0.5, 0.6) is 0 Å². The summed E-state index contributed by atoms with van der Waals surface area (Å²) in [5.74, 6) is 0.739. The topological polar surface area (TPSA) is 44.4 Å². The molecule has 4 nitrogen and oxygen atoms in total. The van der Waals surface area contributed by atoms with Gasteiger partial charge < -0.3 is 10.6 Å². The van der Waals surface area contributed by atoms with Crippen LogP contribution >= 0.6 is 11.6 Å². The van der Waals surface area contributed by atoms with Crippen molar-refractivity contribution in [3.8, 4) is 0 Å². The van der Waals surface area contributed by atoms with E-state index >= 15 is 0 Å². The van der Waals surface area contributed by atoms with E-state index in [2.05, 4.69) is 58.9 Å². The average molecular weight is 440 g/mol. The van der Waals surface area contributed by atoms with Crippen molar-refractivity contribution in [2.75, 3.05) is 13.1 Å². The van der Waals surface area contributed by atoms with Crippen molar-refractivity contribution < 1.29 is 4.79 Å². The molecule has 0 aromatic heterocycles. The van der Waals surface area contributed by atoms with Gasteiger partial charge in [-0.05, 0) is 87.7 Å². The number of rotatable bonds is 6. The van der Waals surface area contributed by atoms with Crippen LogP contribution in [0.2, 0.25) is 5.02 Å². The monoisotopic (exact) mass is 439 g/mol. The fourth-order valence-electron chi connectivity index (χ4n) is 5.10. The molecule has 0 unspecified atom stereocenters. The quantitative estimate of drug-likeness (QED) is 0.639. The van der Waals surface area contributed by atoms with Crippen molar-refractivity contribution in [2.45, 2.75) is 64.1 Å². The Morgan fingerprint density at radius 3 is 2.35 bits per heavy atom. The number of amides is 2. The van der Waals surface area contributed by atoms with E-state index in [1.807, 2.05) is 12.1 Å². The number of likely N-dealkylation sites (tertiary alicyclic amines) is 1. The molecule has 2 amide bonds. The summed E-state index contributed by atoms with van der Waals surface area (Å²) in [6.07, 6.45) is 7.05. The van der Waals surface area contributed by atoms with Gasteiger partial charge in [0.15, 0.2) is 0 Å². The normalized spacial score (nSPS) is 22.4. The van der Waals surface area contributed by atoms with Gasteiger partial charge in [0.2, 0.25) is 0 Å². The highest BCUT2D eigenvalue weighted by Crippen LogP contribution is 2.30. The second-order valence-electron chi connectivity index (χ2n) is 9.23. The zero-order valence-corrected chi connectivity index (χ0v) is 19.2. The Morgan fingerprint density at radius 2 is 1.65 bits per heavy atom. The fraction of sp³-hybridized carbons (Fsp3) is 0.500. The van der Waals surface area contributed by atoms with Gasteiger partial charge in [-0.3, -0.25) is 4.90 Å². The van der Waals surface area contributed by atoms with E-state index in [4.69, 9.17) is 11.6 Å². The Hall–Kier alpha value is -2.04. The maximum atomic E-state index is 12.5. The number of nitrogens with one attached hydrogen (secondary N) is 2. The summed E-state index contributed by atoms with van der Waals surface area (Å²) in [6, 6.07) is 17.3. The molecule has 2 fully saturated rings. The molecule has 166 valence electrons. The van der Waals surface area contributed by atoms with E-state index in [0.29, 0.717) is 12.6 Å². The summed E-state index contributed by atoms with van der Waals surface area (Å²) < 4.78 is 0. The largest absolute Gasteiger partial charge is 0.334 e. The van der Waals surface area contributed by atoms with Crippen LogP contribution in [0, 0.1) is 12.8 Å². The van der Waals surface area contributed by atoms with Gasteiger partial charge in [0.25, 0.3) is 0 Å². The van der Waals surface area contributed by atoms with Gasteiger partial charge in [0, 0.05) is 23.7 Å². The Labute approximate surface area is 191 Å². The van der Waals surface area contributed by atoms with E-state index in [1.54, 1.807) is 0 Å². The van der Waals surface area contributed by atoms with Gasteiger partial charge in [0.05, 0.1) is 0 Å². The van der Waals surface area contributed by atoms with Gasteiger partial charge in [-0.1, -0.05) is 53.6 Å². The molecule has 0 bridgehead atoms. The standard InChI is InChI=1S/C26H34ClN3O/c1-19-5-7-22(8-6-19)18-28-26(31)29-24-3-2-4-25(24)30-15-13-21(14-16-30)17-20-9-11-23(27)12-10-20/h5-12,21,24-25H,2-4,13-18H2,1H3,(H2,28,29,31)/t24-,25-/m1/s1. The van der Waals surface area contributed by atoms with E-state index < -0.39 is 0 Å². The van der Waals surface area contributed by atoms with E-state index in [0.717, 1.165) is 42.4 Å². The number of carbonyl (C=O) groups excluding carboxylic acids is 1. The van der Waals surface area contributed by atoms with Crippen LogP contribution in [-0.2, 0) is 13.0 Å². The van der Waals surface area contributed by atoms with Crippen LogP contribution < -0.4 is 10.6 Å². The molecule has 0 radical (unpaired) electrons.